The molecule has 0 aliphatic rings. The van der Waals surface area contributed by atoms with E-state index in [-0.39, 0.29) is 0 Å². The van der Waals surface area contributed by atoms with Crippen LogP contribution in [0.4, 0.5) is 5.82 Å². The monoisotopic (exact) mass is 286 g/mol. The lowest BCUT2D eigenvalue weighted by atomic mass is 10.1. The maximum atomic E-state index is 5.81. The van der Waals surface area contributed by atoms with Crippen LogP contribution in [-0.2, 0) is 0 Å². The van der Waals surface area contributed by atoms with Crippen LogP contribution in [0.15, 0.2) is 39.4 Å². The molecule has 1 rings (SSSR count). The summed E-state index contributed by atoms with van der Waals surface area (Å²) in [5.74, 6) is 1.28. The molecule has 0 atom stereocenters. The van der Waals surface area contributed by atoms with E-state index in [1.54, 1.807) is 27.3 Å². The lowest BCUT2D eigenvalue weighted by Gasteiger charge is -2.10. The molecule has 6 nitrogen and oxygen atoms in total. The number of hydrogen-bond acceptors (Lipinski definition) is 5. The Balaban J connectivity index is 2.96. The average molecular weight is 286 g/mol. The van der Waals surface area contributed by atoms with Crippen molar-refractivity contribution in [1.29, 1.82) is 0 Å². The number of nitrogens with two attached hydrogens (primary N) is 1. The van der Waals surface area contributed by atoms with Gasteiger partial charge in [-0.3, -0.25) is 15.0 Å². The fraction of sp³-hybridized carbons (Fsp3) is 0.333. The predicted molar refractivity (Wildman–Crippen MR) is 91.9 cm³/mol. The van der Waals surface area contributed by atoms with Crippen LogP contribution in [0.25, 0.3) is 6.08 Å². The van der Waals surface area contributed by atoms with E-state index in [1.165, 1.54) is 0 Å². The van der Waals surface area contributed by atoms with Crippen LogP contribution in [0.3, 0.4) is 0 Å². The number of aliphatic imine (C=N–C) groups is 3. The van der Waals surface area contributed by atoms with Crippen molar-refractivity contribution in [3.05, 3.63) is 30.0 Å². The molecule has 0 aliphatic carbocycles. The molecule has 0 aromatic carbocycles. The topological polar surface area (TPSA) is 79.2 Å². The highest BCUT2D eigenvalue weighted by Crippen LogP contribution is 2.09. The summed E-state index contributed by atoms with van der Waals surface area (Å²) in [5.41, 5.74) is 8.04. The Hall–Kier alpha value is -2.50. The van der Waals surface area contributed by atoms with E-state index in [0.29, 0.717) is 17.3 Å². The van der Waals surface area contributed by atoms with E-state index in [1.807, 2.05) is 43.3 Å². The smallest absolute Gasteiger partial charge is 0.146 e. The van der Waals surface area contributed by atoms with Gasteiger partial charge in [0, 0.05) is 41.4 Å². The number of allylic oxidation sites excluding steroid dienone is 1. The van der Waals surface area contributed by atoms with Crippen molar-refractivity contribution >= 4 is 29.2 Å². The van der Waals surface area contributed by atoms with Gasteiger partial charge in [0.15, 0.2) is 0 Å². The summed E-state index contributed by atoms with van der Waals surface area (Å²) in [6, 6.07) is 3.95. The molecule has 0 unspecified atom stereocenters. The molecule has 112 valence electrons. The number of hydrogen-bond donors (Lipinski definition) is 1. The molecular formula is C15H22N6. The summed E-state index contributed by atoms with van der Waals surface area (Å²) < 4.78 is 0. The Kier molecular flexibility index (Phi) is 6.26. The van der Waals surface area contributed by atoms with Gasteiger partial charge in [-0.25, -0.2) is 4.98 Å². The minimum atomic E-state index is 0.365. The summed E-state index contributed by atoms with van der Waals surface area (Å²) in [6.07, 6.45) is 5.58. The fourth-order valence-corrected chi connectivity index (χ4v) is 1.66. The summed E-state index contributed by atoms with van der Waals surface area (Å²) >= 11 is 0. The molecule has 1 heterocycles. The fourth-order valence-electron chi connectivity index (χ4n) is 1.66. The zero-order valence-electron chi connectivity index (χ0n) is 13.2. The molecule has 0 saturated carbocycles. The van der Waals surface area contributed by atoms with Gasteiger partial charge >= 0.3 is 0 Å². The van der Waals surface area contributed by atoms with Crippen molar-refractivity contribution in [2.24, 2.45) is 20.7 Å². The predicted octanol–water partition coefficient (Wildman–Crippen LogP) is 1.29. The van der Waals surface area contributed by atoms with Gasteiger partial charge in [-0.1, -0.05) is 6.08 Å². The molecule has 21 heavy (non-hydrogen) atoms. The lowest BCUT2D eigenvalue weighted by molar-refractivity contribution is 1.07. The Bertz CT molecular complexity index is 579. The minimum absolute atomic E-state index is 0.365. The molecule has 0 spiro atoms. The van der Waals surface area contributed by atoms with E-state index in [9.17, 15) is 0 Å². The SMILES string of the molecule is CN=C(N)C(=NC)C(/C=C/c1ccc(N(C)C)nc1)=NC. The third-order valence-electron chi connectivity index (χ3n) is 2.85. The highest BCUT2D eigenvalue weighted by molar-refractivity contribution is 6.70. The first-order valence-electron chi connectivity index (χ1n) is 6.51. The zero-order valence-corrected chi connectivity index (χ0v) is 13.2. The molecule has 1 aromatic rings. The molecule has 1 aromatic heterocycles. The number of anilines is 1. The van der Waals surface area contributed by atoms with Crippen molar-refractivity contribution in [3.63, 3.8) is 0 Å². The van der Waals surface area contributed by atoms with Gasteiger partial charge in [-0.05, 0) is 23.8 Å². The van der Waals surface area contributed by atoms with Gasteiger partial charge in [0.05, 0.1) is 5.71 Å². The van der Waals surface area contributed by atoms with Crippen LogP contribution in [0, 0.1) is 0 Å². The average Bonchev–Trinajstić information content (AvgIpc) is 2.51. The van der Waals surface area contributed by atoms with Crippen molar-refractivity contribution in [2.45, 2.75) is 0 Å². The highest BCUT2D eigenvalue weighted by atomic mass is 15.1. The summed E-state index contributed by atoms with van der Waals surface area (Å²) in [4.78, 5) is 18.6. The molecule has 6 heteroatoms. The normalized spacial score (nSPS) is 13.9. The van der Waals surface area contributed by atoms with Crippen LogP contribution in [0.5, 0.6) is 0 Å². The van der Waals surface area contributed by atoms with Gasteiger partial charge in [0.1, 0.15) is 17.4 Å². The van der Waals surface area contributed by atoms with Gasteiger partial charge < -0.3 is 10.6 Å². The van der Waals surface area contributed by atoms with Crippen molar-refractivity contribution in [2.75, 3.05) is 40.1 Å². The molecular weight excluding hydrogens is 264 g/mol. The summed E-state index contributed by atoms with van der Waals surface area (Å²) in [7, 11) is 8.90. The van der Waals surface area contributed by atoms with Gasteiger partial charge in [-0.2, -0.15) is 0 Å². The first-order chi connectivity index (χ1) is 10.0. The van der Waals surface area contributed by atoms with Gasteiger partial charge in [-0.15, -0.1) is 0 Å². The number of rotatable bonds is 5. The molecule has 0 bridgehead atoms. The molecule has 0 aliphatic heterocycles. The molecule has 0 amide bonds. The Labute approximate surface area is 125 Å². The number of amidine groups is 1. The standard InChI is InChI=1S/C15H22N6/c1-17-12(14(18-2)15(16)19-3)8-6-11-7-9-13(20-10-11)21(4)5/h6-10H,1-5H3,(H2,16,19)/b8-6+,17-12?,18-14?. The van der Waals surface area contributed by atoms with Crippen LogP contribution in [-0.4, -0.2) is 57.5 Å². The maximum Gasteiger partial charge on any atom is 0.146 e. The number of aromatic nitrogens is 1. The first-order valence-corrected chi connectivity index (χ1v) is 6.51. The second-order valence-electron chi connectivity index (χ2n) is 4.47. The van der Waals surface area contributed by atoms with Gasteiger partial charge in [0.2, 0.25) is 0 Å². The largest absolute Gasteiger partial charge is 0.382 e. The van der Waals surface area contributed by atoms with E-state index >= 15 is 0 Å². The van der Waals surface area contributed by atoms with Crippen molar-refractivity contribution < 1.29 is 0 Å². The van der Waals surface area contributed by atoms with Crippen LogP contribution < -0.4 is 10.6 Å². The molecule has 0 fully saturated rings. The molecule has 2 N–H and O–H groups in total. The minimum Gasteiger partial charge on any atom is -0.382 e. The Morgan fingerprint density at radius 2 is 1.86 bits per heavy atom. The third kappa shape index (κ3) is 4.52. The summed E-state index contributed by atoms with van der Waals surface area (Å²) in [5, 5.41) is 0. The second-order valence-corrected chi connectivity index (χ2v) is 4.47. The molecule has 0 radical (unpaired) electrons. The van der Waals surface area contributed by atoms with E-state index in [4.69, 9.17) is 5.73 Å². The maximum absolute atomic E-state index is 5.81. The lowest BCUT2D eigenvalue weighted by Crippen LogP contribution is -2.30. The third-order valence-corrected chi connectivity index (χ3v) is 2.85. The zero-order chi connectivity index (χ0) is 15.8. The van der Waals surface area contributed by atoms with Crippen molar-refractivity contribution in [3.8, 4) is 0 Å². The summed E-state index contributed by atoms with van der Waals surface area (Å²) in [6.45, 7) is 0. The van der Waals surface area contributed by atoms with E-state index in [0.717, 1.165) is 11.4 Å². The van der Waals surface area contributed by atoms with E-state index < -0.39 is 0 Å². The first kappa shape index (κ1) is 16.6. The van der Waals surface area contributed by atoms with Crippen LogP contribution >= 0.6 is 0 Å². The highest BCUT2D eigenvalue weighted by Gasteiger charge is 2.08. The van der Waals surface area contributed by atoms with Gasteiger partial charge in [0.25, 0.3) is 0 Å². The number of nitrogens with zero attached hydrogens (tertiary/aromatic N) is 5. The van der Waals surface area contributed by atoms with Crippen LogP contribution in [0.1, 0.15) is 5.56 Å². The van der Waals surface area contributed by atoms with E-state index in [2.05, 4.69) is 20.0 Å². The Morgan fingerprint density at radius 1 is 1.14 bits per heavy atom. The van der Waals surface area contributed by atoms with Crippen LogP contribution in [0.2, 0.25) is 0 Å². The Morgan fingerprint density at radius 3 is 2.29 bits per heavy atom. The van der Waals surface area contributed by atoms with Crippen molar-refractivity contribution in [1.82, 2.24) is 4.98 Å². The quantitative estimate of drug-likeness (QED) is 0.654. The molecule has 0 saturated heterocycles. The number of pyridine rings is 1. The second kappa shape index (κ2) is 7.94.